The summed E-state index contributed by atoms with van der Waals surface area (Å²) in [5.41, 5.74) is 1.57. The molecule has 3 aromatic rings. The molecule has 0 aliphatic heterocycles. The smallest absolute Gasteiger partial charge is 0.280 e. The number of hydrogen-bond donors (Lipinski definition) is 1. The molecule has 0 saturated heterocycles. The molecule has 0 aliphatic rings. The maximum atomic E-state index is 11.1. The molecule has 0 amide bonds. The van der Waals surface area contributed by atoms with Gasteiger partial charge in [0.1, 0.15) is 11.9 Å². The Balaban J connectivity index is 1.61. The summed E-state index contributed by atoms with van der Waals surface area (Å²) in [6, 6.07) is 13.0. The Morgan fingerprint density at radius 2 is 1.96 bits per heavy atom. The number of pyridine rings is 1. The van der Waals surface area contributed by atoms with E-state index in [9.17, 15) is 4.79 Å². The number of nitrogens with zero attached hydrogens (tertiary/aromatic N) is 1. The van der Waals surface area contributed by atoms with Crippen molar-refractivity contribution in [3.05, 3.63) is 64.6 Å². The van der Waals surface area contributed by atoms with E-state index in [1.165, 1.54) is 6.07 Å². The van der Waals surface area contributed by atoms with Crippen LogP contribution in [-0.4, -0.2) is 22.3 Å². The molecule has 0 saturated carbocycles. The predicted molar refractivity (Wildman–Crippen MR) is 98.6 cm³/mol. The number of rotatable bonds is 7. The van der Waals surface area contributed by atoms with E-state index in [1.807, 2.05) is 39.0 Å². The zero-order valence-electron chi connectivity index (χ0n) is 15.1. The largest absolute Gasteiger partial charge is 0.491 e. The van der Waals surface area contributed by atoms with Gasteiger partial charge in [0.15, 0.2) is 5.76 Å². The van der Waals surface area contributed by atoms with Crippen LogP contribution in [0.1, 0.15) is 26.3 Å². The van der Waals surface area contributed by atoms with Crippen molar-refractivity contribution in [1.82, 2.24) is 10.1 Å². The summed E-state index contributed by atoms with van der Waals surface area (Å²) in [5.74, 6) is 1.83. The van der Waals surface area contributed by atoms with Crippen molar-refractivity contribution in [2.75, 3.05) is 0 Å². The van der Waals surface area contributed by atoms with Crippen LogP contribution in [0.2, 0.25) is 0 Å². The molecular formula is C20H22N2O4. The summed E-state index contributed by atoms with van der Waals surface area (Å²) in [6.07, 6.45) is 2.45. The third-order valence-electron chi connectivity index (χ3n) is 3.66. The summed E-state index contributed by atoms with van der Waals surface area (Å²) in [7, 11) is 0. The van der Waals surface area contributed by atoms with Crippen molar-refractivity contribution in [2.24, 2.45) is 0 Å². The van der Waals surface area contributed by atoms with E-state index < -0.39 is 0 Å². The van der Waals surface area contributed by atoms with Crippen molar-refractivity contribution >= 4 is 0 Å². The topological polar surface area (TPSA) is 77.4 Å². The number of H-pyrrole nitrogens is 1. The highest BCUT2D eigenvalue weighted by Gasteiger charge is 2.09. The van der Waals surface area contributed by atoms with Crippen molar-refractivity contribution < 1.29 is 14.0 Å². The highest BCUT2D eigenvalue weighted by molar-refractivity contribution is 5.55. The molecule has 2 aromatic heterocycles. The fraction of sp³-hybridized carbons (Fsp3) is 0.300. The van der Waals surface area contributed by atoms with Crippen LogP contribution in [0.15, 0.2) is 58.0 Å². The minimum absolute atomic E-state index is 0.0483. The first-order valence-corrected chi connectivity index (χ1v) is 8.57. The lowest BCUT2D eigenvalue weighted by molar-refractivity contribution is 0.212. The van der Waals surface area contributed by atoms with Gasteiger partial charge in [-0.1, -0.05) is 12.1 Å². The van der Waals surface area contributed by atoms with Crippen molar-refractivity contribution in [3.63, 3.8) is 0 Å². The highest BCUT2D eigenvalue weighted by atomic mass is 16.5. The molecule has 0 radical (unpaired) electrons. The Labute approximate surface area is 151 Å². The first-order valence-electron chi connectivity index (χ1n) is 8.57. The van der Waals surface area contributed by atoms with Gasteiger partial charge in [0.2, 0.25) is 5.88 Å². The van der Waals surface area contributed by atoms with E-state index in [2.05, 4.69) is 16.2 Å². The van der Waals surface area contributed by atoms with Crippen LogP contribution in [0.25, 0.3) is 11.3 Å². The van der Waals surface area contributed by atoms with Crippen LogP contribution in [0.5, 0.6) is 11.6 Å². The standard InChI is InChI=1S/C20H22N2O4/c1-13(2)24-17-6-4-5-15(10-17)9-14(3)25-20-8-7-16(12-21-20)18-11-19(23)22-26-18/h4-8,10-14H,9H2,1-3H3,(H,22,23)/t14-/m1/s1. The molecule has 1 aromatic carbocycles. The van der Waals surface area contributed by atoms with Crippen LogP contribution in [0, 0.1) is 0 Å². The van der Waals surface area contributed by atoms with Crippen LogP contribution in [0.3, 0.4) is 0 Å². The SMILES string of the molecule is CC(C)Oc1cccc(C[C@@H](C)Oc2ccc(-c3cc(=O)[nH]o3)cn2)c1. The summed E-state index contributed by atoms with van der Waals surface area (Å²) < 4.78 is 16.7. The van der Waals surface area contributed by atoms with Crippen LogP contribution < -0.4 is 15.0 Å². The normalized spacial score (nSPS) is 12.2. The van der Waals surface area contributed by atoms with Crippen molar-refractivity contribution in [2.45, 2.75) is 39.4 Å². The Kier molecular flexibility index (Phi) is 5.41. The number of hydrogen-bond acceptors (Lipinski definition) is 5. The van der Waals surface area contributed by atoms with E-state index >= 15 is 0 Å². The molecule has 136 valence electrons. The highest BCUT2D eigenvalue weighted by Crippen LogP contribution is 2.20. The first kappa shape index (κ1) is 17.8. The summed E-state index contributed by atoms with van der Waals surface area (Å²) in [5, 5.41) is 2.26. The van der Waals surface area contributed by atoms with E-state index in [1.54, 1.807) is 18.3 Å². The summed E-state index contributed by atoms with van der Waals surface area (Å²) in [6.45, 7) is 6.01. The van der Waals surface area contributed by atoms with Gasteiger partial charge >= 0.3 is 0 Å². The molecule has 6 nitrogen and oxygen atoms in total. The van der Waals surface area contributed by atoms with Gasteiger partial charge in [-0.15, -0.1) is 0 Å². The summed E-state index contributed by atoms with van der Waals surface area (Å²) >= 11 is 0. The van der Waals surface area contributed by atoms with Crippen LogP contribution >= 0.6 is 0 Å². The second-order valence-corrected chi connectivity index (χ2v) is 6.41. The first-order chi connectivity index (χ1) is 12.5. The predicted octanol–water partition coefficient (Wildman–Crippen LogP) is 3.83. The number of aromatic nitrogens is 2. The molecule has 0 unspecified atom stereocenters. The minimum Gasteiger partial charge on any atom is -0.491 e. The third-order valence-corrected chi connectivity index (χ3v) is 3.66. The molecule has 6 heteroatoms. The Bertz CT molecular complexity index is 896. The van der Waals surface area contributed by atoms with Gasteiger partial charge in [0, 0.05) is 24.2 Å². The number of nitrogens with one attached hydrogen (secondary N) is 1. The molecule has 0 aliphatic carbocycles. The minimum atomic E-state index is -0.280. The van der Waals surface area contributed by atoms with Gasteiger partial charge in [0.25, 0.3) is 5.56 Å². The van der Waals surface area contributed by atoms with E-state index in [0.717, 1.165) is 17.7 Å². The van der Waals surface area contributed by atoms with Gasteiger partial charge in [-0.25, -0.2) is 4.98 Å². The molecule has 2 heterocycles. The molecule has 1 atom stereocenters. The molecular weight excluding hydrogens is 332 g/mol. The van der Waals surface area contributed by atoms with Crippen molar-refractivity contribution in [3.8, 4) is 23.0 Å². The van der Waals surface area contributed by atoms with E-state index in [0.29, 0.717) is 17.2 Å². The average Bonchev–Trinajstić information content (AvgIpc) is 3.01. The number of ether oxygens (including phenoxy) is 2. The Morgan fingerprint density at radius 1 is 1.12 bits per heavy atom. The Hall–Kier alpha value is -3.02. The third kappa shape index (κ3) is 4.75. The van der Waals surface area contributed by atoms with Crippen LogP contribution in [0.4, 0.5) is 0 Å². The number of aromatic amines is 1. The van der Waals surface area contributed by atoms with Gasteiger partial charge in [-0.05, 0) is 44.5 Å². The monoisotopic (exact) mass is 354 g/mol. The lowest BCUT2D eigenvalue weighted by Crippen LogP contribution is -2.16. The Morgan fingerprint density at radius 3 is 2.62 bits per heavy atom. The molecule has 0 spiro atoms. The molecule has 3 rings (SSSR count). The molecule has 1 N–H and O–H groups in total. The quantitative estimate of drug-likeness (QED) is 0.698. The fourth-order valence-corrected chi connectivity index (χ4v) is 2.62. The van der Waals surface area contributed by atoms with Crippen LogP contribution in [-0.2, 0) is 6.42 Å². The second kappa shape index (κ2) is 7.91. The summed E-state index contributed by atoms with van der Waals surface area (Å²) in [4.78, 5) is 15.4. The average molecular weight is 354 g/mol. The second-order valence-electron chi connectivity index (χ2n) is 6.41. The fourth-order valence-electron chi connectivity index (χ4n) is 2.62. The van der Waals surface area contributed by atoms with Gasteiger partial charge in [0.05, 0.1) is 12.2 Å². The molecule has 26 heavy (non-hydrogen) atoms. The lowest BCUT2D eigenvalue weighted by atomic mass is 10.1. The van der Waals surface area contributed by atoms with Gasteiger partial charge in [-0.2, -0.15) is 5.16 Å². The van der Waals surface area contributed by atoms with Gasteiger partial charge < -0.3 is 14.0 Å². The zero-order valence-corrected chi connectivity index (χ0v) is 15.1. The van der Waals surface area contributed by atoms with E-state index in [-0.39, 0.29) is 17.8 Å². The zero-order chi connectivity index (χ0) is 18.5. The maximum Gasteiger partial charge on any atom is 0.280 e. The number of benzene rings is 1. The van der Waals surface area contributed by atoms with Crippen molar-refractivity contribution in [1.29, 1.82) is 0 Å². The van der Waals surface area contributed by atoms with E-state index in [4.69, 9.17) is 14.0 Å². The van der Waals surface area contributed by atoms with Gasteiger partial charge in [-0.3, -0.25) is 4.79 Å². The molecule has 0 bridgehead atoms. The maximum absolute atomic E-state index is 11.1. The molecule has 0 fully saturated rings. The lowest BCUT2D eigenvalue weighted by Gasteiger charge is -2.15.